The molecule has 0 aromatic carbocycles. The van der Waals surface area contributed by atoms with Gasteiger partial charge < -0.3 is 11.1 Å². The number of anilines is 1. The molecule has 0 fully saturated rings. The number of sulfone groups is 1. The fraction of sp³-hybridized carbons (Fsp3) is 0.692. The zero-order chi connectivity index (χ0) is 16.0. The average Bonchev–Trinajstić information content (AvgIpc) is 2.83. The van der Waals surface area contributed by atoms with Gasteiger partial charge in [0.25, 0.3) is 0 Å². The van der Waals surface area contributed by atoms with Gasteiger partial charge in [-0.1, -0.05) is 20.3 Å². The molecule has 0 spiro atoms. The van der Waals surface area contributed by atoms with Crippen LogP contribution < -0.4 is 11.1 Å². The van der Waals surface area contributed by atoms with Gasteiger partial charge in [-0.05, 0) is 18.8 Å². The number of nitrogens with zero attached hydrogens (tertiary/aromatic N) is 1. The van der Waals surface area contributed by atoms with Crippen LogP contribution in [0.15, 0.2) is 6.07 Å². The number of hydrogen-bond donors (Lipinski definition) is 3. The predicted molar refractivity (Wildman–Crippen MR) is 90.1 cm³/mol. The quantitative estimate of drug-likeness (QED) is 0.654. The van der Waals surface area contributed by atoms with Crippen molar-refractivity contribution in [2.45, 2.75) is 45.1 Å². The highest BCUT2D eigenvalue weighted by molar-refractivity contribution is 7.90. The zero-order valence-electron chi connectivity index (χ0n) is 13.1. The summed E-state index contributed by atoms with van der Waals surface area (Å²) in [7, 11) is -3.12. The molecule has 0 aliphatic carbocycles. The number of aromatic amines is 1. The molecular weight excluding hydrogens is 328 g/mol. The van der Waals surface area contributed by atoms with E-state index in [1.54, 1.807) is 6.07 Å². The van der Waals surface area contributed by atoms with Gasteiger partial charge in [-0.15, -0.1) is 12.4 Å². The second-order valence-corrected chi connectivity index (χ2v) is 7.67. The number of halogens is 1. The molecule has 0 radical (unpaired) electrons. The van der Waals surface area contributed by atoms with Crippen LogP contribution in [-0.4, -0.2) is 42.6 Å². The van der Waals surface area contributed by atoms with Crippen LogP contribution in [0.1, 0.15) is 44.7 Å². The standard InChI is InChI=1S/C13H24N4O3S.ClH/c1-4-5-9(2)11-8-12(17-16-11)15-13(18)10(14)6-7-21(3,19)20;/h8-10H,4-7,14H2,1-3H3,(H2,15,16,17,18);1H. The Morgan fingerprint density at radius 1 is 1.45 bits per heavy atom. The van der Waals surface area contributed by atoms with E-state index in [2.05, 4.69) is 29.4 Å². The summed E-state index contributed by atoms with van der Waals surface area (Å²) in [6, 6.07) is 0.912. The Bertz CT molecular complexity index is 574. The van der Waals surface area contributed by atoms with Crippen molar-refractivity contribution in [2.75, 3.05) is 17.3 Å². The first-order valence-corrected chi connectivity index (χ1v) is 9.08. The molecule has 9 heteroatoms. The Kier molecular flexibility index (Phi) is 8.65. The van der Waals surface area contributed by atoms with Gasteiger partial charge in [-0.25, -0.2) is 8.42 Å². The summed E-state index contributed by atoms with van der Waals surface area (Å²) >= 11 is 0. The second kappa shape index (κ2) is 9.12. The summed E-state index contributed by atoms with van der Waals surface area (Å²) < 4.78 is 22.1. The number of nitrogens with one attached hydrogen (secondary N) is 2. The van der Waals surface area contributed by atoms with Crippen molar-refractivity contribution in [3.63, 3.8) is 0 Å². The lowest BCUT2D eigenvalue weighted by Crippen LogP contribution is -2.37. The maximum atomic E-state index is 11.8. The molecule has 128 valence electrons. The van der Waals surface area contributed by atoms with Crippen molar-refractivity contribution >= 4 is 34.0 Å². The number of nitrogens with two attached hydrogens (primary N) is 1. The smallest absolute Gasteiger partial charge is 0.242 e. The minimum absolute atomic E-state index is 0. The molecule has 1 heterocycles. The van der Waals surface area contributed by atoms with Crippen molar-refractivity contribution in [3.8, 4) is 0 Å². The maximum Gasteiger partial charge on any atom is 0.242 e. The van der Waals surface area contributed by atoms with Crippen LogP contribution in [0, 0.1) is 0 Å². The third kappa shape index (κ3) is 7.24. The average molecular weight is 353 g/mol. The number of carbonyl (C=O) groups excluding carboxylic acids is 1. The van der Waals surface area contributed by atoms with Crippen LogP contribution in [0.4, 0.5) is 5.82 Å². The highest BCUT2D eigenvalue weighted by Gasteiger charge is 2.17. The summed E-state index contributed by atoms with van der Waals surface area (Å²) in [4.78, 5) is 11.8. The van der Waals surface area contributed by atoms with Crippen molar-refractivity contribution in [2.24, 2.45) is 5.73 Å². The molecule has 1 amide bonds. The highest BCUT2D eigenvalue weighted by atomic mass is 35.5. The Morgan fingerprint density at radius 3 is 2.64 bits per heavy atom. The first-order valence-electron chi connectivity index (χ1n) is 7.02. The lowest BCUT2D eigenvalue weighted by atomic mass is 10.0. The molecule has 2 unspecified atom stereocenters. The fourth-order valence-corrected chi connectivity index (χ4v) is 2.61. The van der Waals surface area contributed by atoms with E-state index in [-0.39, 0.29) is 24.6 Å². The molecule has 2 atom stereocenters. The van der Waals surface area contributed by atoms with Gasteiger partial charge in [-0.2, -0.15) is 5.10 Å². The molecule has 4 N–H and O–H groups in total. The van der Waals surface area contributed by atoms with Gasteiger partial charge in [0, 0.05) is 18.0 Å². The van der Waals surface area contributed by atoms with E-state index in [4.69, 9.17) is 5.73 Å². The molecule has 0 aliphatic heterocycles. The van der Waals surface area contributed by atoms with E-state index in [0.717, 1.165) is 24.8 Å². The molecule has 1 aromatic heterocycles. The number of rotatable bonds is 8. The van der Waals surface area contributed by atoms with Crippen LogP contribution >= 0.6 is 12.4 Å². The van der Waals surface area contributed by atoms with Crippen LogP contribution in [-0.2, 0) is 14.6 Å². The van der Waals surface area contributed by atoms with Gasteiger partial charge in [0.2, 0.25) is 5.91 Å². The Morgan fingerprint density at radius 2 is 2.09 bits per heavy atom. The molecule has 0 saturated heterocycles. The number of H-pyrrole nitrogens is 1. The summed E-state index contributed by atoms with van der Waals surface area (Å²) in [5.74, 6) is 0.209. The fourth-order valence-electron chi connectivity index (χ4n) is 1.93. The van der Waals surface area contributed by atoms with E-state index < -0.39 is 21.8 Å². The lowest BCUT2D eigenvalue weighted by Gasteiger charge is -2.09. The zero-order valence-corrected chi connectivity index (χ0v) is 14.8. The van der Waals surface area contributed by atoms with E-state index in [1.165, 1.54) is 0 Å². The molecule has 22 heavy (non-hydrogen) atoms. The summed E-state index contributed by atoms with van der Waals surface area (Å²) in [6.45, 7) is 4.19. The van der Waals surface area contributed by atoms with Crippen molar-refractivity contribution < 1.29 is 13.2 Å². The van der Waals surface area contributed by atoms with E-state index in [0.29, 0.717) is 11.7 Å². The van der Waals surface area contributed by atoms with Crippen LogP contribution in [0.2, 0.25) is 0 Å². The van der Waals surface area contributed by atoms with E-state index >= 15 is 0 Å². The monoisotopic (exact) mass is 352 g/mol. The third-order valence-electron chi connectivity index (χ3n) is 3.24. The summed E-state index contributed by atoms with van der Waals surface area (Å²) in [5.41, 5.74) is 6.63. The Balaban J connectivity index is 0.00000441. The first-order chi connectivity index (χ1) is 9.73. The van der Waals surface area contributed by atoms with Crippen molar-refractivity contribution in [3.05, 3.63) is 11.8 Å². The summed E-state index contributed by atoms with van der Waals surface area (Å²) in [5, 5.41) is 9.50. The Labute approximate surface area is 137 Å². The molecule has 0 bridgehead atoms. The normalized spacial score (nSPS) is 14.0. The predicted octanol–water partition coefficient (Wildman–Crippen LogP) is 1.44. The molecule has 0 saturated carbocycles. The molecule has 0 aliphatic rings. The van der Waals surface area contributed by atoms with Crippen molar-refractivity contribution in [1.82, 2.24) is 10.2 Å². The van der Waals surface area contributed by atoms with Gasteiger partial charge >= 0.3 is 0 Å². The van der Waals surface area contributed by atoms with Gasteiger partial charge in [0.05, 0.1) is 11.8 Å². The number of amides is 1. The molecular formula is C13H25ClN4O3S. The maximum absolute atomic E-state index is 11.8. The number of carbonyl (C=O) groups is 1. The minimum Gasteiger partial charge on any atom is -0.320 e. The minimum atomic E-state index is -3.12. The lowest BCUT2D eigenvalue weighted by molar-refractivity contribution is -0.117. The molecule has 1 rings (SSSR count). The first kappa shape index (κ1) is 20.9. The van der Waals surface area contributed by atoms with Gasteiger partial charge in [0.15, 0.2) is 5.82 Å². The largest absolute Gasteiger partial charge is 0.320 e. The van der Waals surface area contributed by atoms with Crippen LogP contribution in [0.25, 0.3) is 0 Å². The third-order valence-corrected chi connectivity index (χ3v) is 4.22. The second-order valence-electron chi connectivity index (χ2n) is 5.41. The van der Waals surface area contributed by atoms with Crippen LogP contribution in [0.3, 0.4) is 0 Å². The Hall–Kier alpha value is -1.12. The number of hydrogen-bond acceptors (Lipinski definition) is 5. The van der Waals surface area contributed by atoms with Crippen LogP contribution in [0.5, 0.6) is 0 Å². The van der Waals surface area contributed by atoms with Gasteiger partial charge in [0.1, 0.15) is 9.84 Å². The topological polar surface area (TPSA) is 118 Å². The van der Waals surface area contributed by atoms with Crippen molar-refractivity contribution in [1.29, 1.82) is 0 Å². The van der Waals surface area contributed by atoms with E-state index in [1.807, 2.05) is 0 Å². The highest BCUT2D eigenvalue weighted by Crippen LogP contribution is 2.20. The SMILES string of the molecule is CCCC(C)c1cc(NC(=O)C(N)CCS(C)(=O)=O)n[nH]1.Cl. The molecule has 1 aromatic rings. The number of aromatic nitrogens is 2. The summed E-state index contributed by atoms with van der Waals surface area (Å²) in [6.07, 6.45) is 3.31. The van der Waals surface area contributed by atoms with Gasteiger partial charge in [-0.3, -0.25) is 9.89 Å². The molecule has 7 nitrogen and oxygen atoms in total. The van der Waals surface area contributed by atoms with E-state index in [9.17, 15) is 13.2 Å².